The molecule has 4 N–H and O–H groups in total. The number of nitrogens with one attached hydrogen (secondary N) is 2. The second-order valence-electron chi connectivity index (χ2n) is 16.5. The second-order valence-corrected chi connectivity index (χ2v) is 16.5. The predicted octanol–water partition coefficient (Wildman–Crippen LogP) is 5.58. The predicted molar refractivity (Wildman–Crippen MR) is 211 cm³/mol. The summed E-state index contributed by atoms with van der Waals surface area (Å²) in [5, 5.41) is 29.5. The average molecular weight is 761 g/mol. The number of nitrogens with zero attached hydrogens (tertiary/aromatic N) is 2. The number of carbonyl (C=O) groups excluding carboxylic acids is 4. The van der Waals surface area contributed by atoms with Crippen LogP contribution in [0.1, 0.15) is 119 Å². The number of fused-ring (bicyclic) bond motifs is 1. The van der Waals surface area contributed by atoms with E-state index in [-0.39, 0.29) is 68.9 Å². The summed E-state index contributed by atoms with van der Waals surface area (Å²) in [6.45, 7) is 16.6. The molecule has 4 aliphatic rings. The third-order valence-corrected chi connectivity index (χ3v) is 11.8. The van der Waals surface area contributed by atoms with E-state index in [2.05, 4.69) is 15.5 Å². The number of rotatable bonds is 1. The Morgan fingerprint density at radius 2 is 1.75 bits per heavy atom. The molecule has 0 fully saturated rings. The number of hydrogen-bond acceptors (Lipinski definition) is 11. The van der Waals surface area contributed by atoms with E-state index >= 15 is 0 Å². The molecule has 5 rings (SSSR count). The number of aliphatic hydroxyl groups is 1. The van der Waals surface area contributed by atoms with Gasteiger partial charge in [-0.2, -0.15) is 0 Å². The molecule has 0 saturated carbocycles. The zero-order valence-electron chi connectivity index (χ0n) is 34.0. The molecule has 1 aromatic rings. The van der Waals surface area contributed by atoms with E-state index < -0.39 is 35.5 Å². The highest BCUT2D eigenvalue weighted by Gasteiger charge is 2.50. The maximum atomic E-state index is 14.7. The minimum absolute atomic E-state index is 0.0429. The number of allylic oxidation sites excluding steroid dienone is 5. The number of aliphatic hydroxyl groups excluding tert-OH is 1. The minimum Gasteiger partial charge on any atom is -0.507 e. The van der Waals surface area contributed by atoms with Gasteiger partial charge in [0.1, 0.15) is 23.3 Å². The molecule has 7 atom stereocenters. The molecular weight excluding hydrogens is 700 g/mol. The maximum absolute atomic E-state index is 14.7. The number of ether oxygens (including phenoxy) is 2. The summed E-state index contributed by atoms with van der Waals surface area (Å²) in [4.78, 5) is 62.6. The summed E-state index contributed by atoms with van der Waals surface area (Å²) in [6.07, 6.45) is 7.85. The lowest BCUT2D eigenvalue weighted by Gasteiger charge is -2.35. The van der Waals surface area contributed by atoms with Gasteiger partial charge in [0.25, 0.3) is 5.91 Å². The molecule has 0 unspecified atom stereocenters. The van der Waals surface area contributed by atoms with Crippen LogP contribution in [0.25, 0.3) is 0 Å². The first-order valence-electron chi connectivity index (χ1n) is 19.9. The smallest absolute Gasteiger partial charge is 0.302 e. The van der Waals surface area contributed by atoms with E-state index in [0.717, 1.165) is 19.4 Å². The van der Waals surface area contributed by atoms with Crippen LogP contribution < -0.4 is 15.4 Å². The zero-order valence-corrected chi connectivity index (χ0v) is 34.0. The Labute approximate surface area is 325 Å². The van der Waals surface area contributed by atoms with E-state index in [0.29, 0.717) is 62.3 Å². The molecule has 55 heavy (non-hydrogen) atoms. The number of hydrogen-bond donors (Lipinski definition) is 4. The van der Waals surface area contributed by atoms with E-state index in [1.807, 2.05) is 40.8 Å². The van der Waals surface area contributed by atoms with Crippen molar-refractivity contribution in [2.45, 2.75) is 112 Å². The van der Waals surface area contributed by atoms with Gasteiger partial charge in [-0.25, -0.2) is 0 Å². The Kier molecular flexibility index (Phi) is 13.1. The van der Waals surface area contributed by atoms with Crippen molar-refractivity contribution in [1.29, 1.82) is 0 Å². The zero-order chi connectivity index (χ0) is 40.4. The van der Waals surface area contributed by atoms with Crippen molar-refractivity contribution >= 4 is 29.2 Å². The highest BCUT2D eigenvalue weighted by atomic mass is 16.5. The van der Waals surface area contributed by atoms with Crippen LogP contribution in [0, 0.1) is 30.6 Å². The third kappa shape index (κ3) is 8.75. The molecule has 1 aromatic carbocycles. The van der Waals surface area contributed by atoms with Gasteiger partial charge in [0.15, 0.2) is 5.60 Å². The summed E-state index contributed by atoms with van der Waals surface area (Å²) in [6, 6.07) is 0. The van der Waals surface area contributed by atoms with Crippen molar-refractivity contribution in [2.75, 3.05) is 33.2 Å². The van der Waals surface area contributed by atoms with Crippen LogP contribution >= 0.6 is 0 Å². The normalized spacial score (nSPS) is 32.9. The molecule has 0 saturated heterocycles. The van der Waals surface area contributed by atoms with Crippen LogP contribution in [0.2, 0.25) is 0 Å². The van der Waals surface area contributed by atoms with Gasteiger partial charge in [0.2, 0.25) is 11.6 Å². The number of aliphatic imine (C=N–C) groups is 1. The van der Waals surface area contributed by atoms with E-state index in [9.17, 15) is 29.4 Å². The Bertz CT molecular complexity index is 1830. The molecular formula is C43H60N4O8. The number of phenolic OH excluding ortho intramolecular Hbond substituents is 1. The van der Waals surface area contributed by atoms with Gasteiger partial charge in [-0.3, -0.25) is 24.2 Å². The first-order valence-corrected chi connectivity index (χ1v) is 19.9. The summed E-state index contributed by atoms with van der Waals surface area (Å²) >= 11 is 0. The van der Waals surface area contributed by atoms with Crippen LogP contribution in [-0.4, -0.2) is 95.3 Å². The third-order valence-electron chi connectivity index (χ3n) is 11.8. The van der Waals surface area contributed by atoms with Crippen molar-refractivity contribution < 1.29 is 38.9 Å². The summed E-state index contributed by atoms with van der Waals surface area (Å²) in [7, 11) is 2.03. The first-order chi connectivity index (χ1) is 26.0. The largest absolute Gasteiger partial charge is 0.507 e. The number of benzene rings is 1. The number of aromatic hydroxyl groups is 1. The number of esters is 1. The van der Waals surface area contributed by atoms with Gasteiger partial charge >= 0.3 is 5.97 Å². The van der Waals surface area contributed by atoms with Crippen molar-refractivity contribution in [3.8, 4) is 11.5 Å². The Morgan fingerprint density at radius 1 is 1.02 bits per heavy atom. The summed E-state index contributed by atoms with van der Waals surface area (Å²) in [5.74, 6) is -2.56. The molecule has 0 radical (unpaired) electrons. The standard InChI is InChI=1S/C43H60N4O8/c1-23-14-12-15-25(3)42(53)46-35-34-33(44-18-10-11-20-47(9)21-19-45-34)30-31(38(35)51)37(50)28(6)40-32(30)41(52)43(8,55-40)17-13-16-24(2)39(54-29(7)48)27(5)36(49)26(4)22-23/h12,14-15,23-24,26-27,36,39,45,49-50H,10-11,13,16-22H2,1-9H3,(H,46,53)/b14-12+,25-15-,44-33-/t23-,24+,26+,27+,36+,39+,43+/m0/s1. The molecule has 1 aliphatic carbocycles. The number of carbonyl (C=O) groups is 4. The molecule has 3 aliphatic heterocycles. The monoisotopic (exact) mass is 760 g/mol. The average Bonchev–Trinajstić information content (AvgIpc) is 3.36. The lowest BCUT2D eigenvalue weighted by molar-refractivity contribution is -0.156. The fourth-order valence-electron chi connectivity index (χ4n) is 8.49. The number of amides is 1. The van der Waals surface area contributed by atoms with Crippen molar-refractivity contribution in [1.82, 2.24) is 15.5 Å². The quantitative estimate of drug-likeness (QED) is 0.266. The molecule has 3 heterocycles. The highest BCUT2D eigenvalue weighted by Crippen LogP contribution is 2.49. The van der Waals surface area contributed by atoms with Gasteiger partial charge < -0.3 is 35.2 Å². The van der Waals surface area contributed by atoms with Crippen LogP contribution in [0.5, 0.6) is 11.5 Å². The van der Waals surface area contributed by atoms with Gasteiger partial charge in [-0.15, -0.1) is 0 Å². The molecule has 0 spiro atoms. The highest BCUT2D eigenvalue weighted by molar-refractivity contribution is 6.34. The Hall–Kier alpha value is -4.29. The molecule has 12 nitrogen and oxygen atoms in total. The van der Waals surface area contributed by atoms with Gasteiger partial charge in [0.05, 0.1) is 28.6 Å². The lowest BCUT2D eigenvalue weighted by Crippen LogP contribution is -2.42. The maximum Gasteiger partial charge on any atom is 0.302 e. The topological polar surface area (TPSA) is 167 Å². The van der Waals surface area contributed by atoms with Crippen LogP contribution in [-0.2, 0) is 14.3 Å². The van der Waals surface area contributed by atoms with Crippen molar-refractivity contribution in [3.63, 3.8) is 0 Å². The number of ketones is 2. The molecule has 0 aromatic heterocycles. The number of phenols is 1. The van der Waals surface area contributed by atoms with E-state index in [4.69, 9.17) is 14.5 Å². The number of likely N-dealkylation sites (N-methyl/N-ethyl adjacent to an activating group) is 1. The van der Waals surface area contributed by atoms with Crippen LogP contribution in [0.4, 0.5) is 0 Å². The van der Waals surface area contributed by atoms with E-state index in [1.165, 1.54) is 6.92 Å². The van der Waals surface area contributed by atoms with Crippen molar-refractivity contribution in [2.24, 2.45) is 28.7 Å². The van der Waals surface area contributed by atoms with Gasteiger partial charge in [-0.1, -0.05) is 45.9 Å². The molecule has 12 heteroatoms. The summed E-state index contributed by atoms with van der Waals surface area (Å²) < 4.78 is 12.4. The second kappa shape index (κ2) is 17.2. The van der Waals surface area contributed by atoms with E-state index in [1.54, 1.807) is 32.9 Å². The number of Topliss-reactive ketones (excluding diaryl/α,β-unsaturated/α-hetero) is 2. The van der Waals surface area contributed by atoms with Gasteiger partial charge in [-0.05, 0) is 90.6 Å². The molecule has 1 amide bonds. The van der Waals surface area contributed by atoms with Crippen LogP contribution in [0.3, 0.4) is 0 Å². The molecule has 300 valence electrons. The van der Waals surface area contributed by atoms with Crippen molar-refractivity contribution in [3.05, 3.63) is 57.4 Å². The summed E-state index contributed by atoms with van der Waals surface area (Å²) in [5.41, 5.74) is 0.190. The Balaban J connectivity index is 1.66. The first kappa shape index (κ1) is 41.9. The lowest BCUT2D eigenvalue weighted by atomic mass is 9.78. The van der Waals surface area contributed by atoms with Crippen LogP contribution in [0.15, 0.2) is 40.2 Å². The minimum atomic E-state index is -1.32. The molecule has 4 bridgehead atoms. The fourth-order valence-corrected chi connectivity index (χ4v) is 8.49. The fraction of sp³-hybridized carbons (Fsp3) is 0.605. The SMILES string of the molecule is CC(=O)O[C@H]1[C@H](C)[C@H](O)[C@H](C)C[C@@H](C)/C=C/C=C(/C)C(=O)NC2=C3NCCN(C)CCCC/N=C\3c3c(c(O)c(C)c4c3C(=O)[C@@](C)(CCC[C@H]1C)O4)C2=O. The Morgan fingerprint density at radius 3 is 2.45 bits per heavy atom. The van der Waals surface area contributed by atoms with Gasteiger partial charge in [0, 0.05) is 49.2 Å².